The highest BCUT2D eigenvalue weighted by atomic mass is 35.5. The van der Waals surface area contributed by atoms with E-state index in [2.05, 4.69) is 20.3 Å². The Labute approximate surface area is 131 Å². The molecular weight excluding hydrogens is 304 g/mol. The summed E-state index contributed by atoms with van der Waals surface area (Å²) < 4.78 is 10.7. The molecule has 2 aromatic heterocycles. The molecule has 3 heterocycles. The van der Waals surface area contributed by atoms with E-state index in [0.29, 0.717) is 18.0 Å². The van der Waals surface area contributed by atoms with Crippen LogP contribution in [0.3, 0.4) is 0 Å². The summed E-state index contributed by atoms with van der Waals surface area (Å²) in [5, 5.41) is 4.26. The predicted molar refractivity (Wildman–Crippen MR) is 82.2 cm³/mol. The molecule has 0 spiro atoms. The van der Waals surface area contributed by atoms with Gasteiger partial charge in [0.05, 0.1) is 5.39 Å². The molecule has 0 fully saturated rings. The van der Waals surface area contributed by atoms with Gasteiger partial charge in [-0.25, -0.2) is 9.97 Å². The summed E-state index contributed by atoms with van der Waals surface area (Å²) in [6.45, 7) is 0.845. The molecule has 0 saturated carbocycles. The third kappa shape index (κ3) is 2.37. The number of rotatable bonds is 3. The Balaban J connectivity index is 1.61. The maximum absolute atomic E-state index is 5.94. The molecule has 3 aromatic rings. The van der Waals surface area contributed by atoms with Gasteiger partial charge < -0.3 is 14.8 Å². The predicted octanol–water partition coefficient (Wildman–Crippen LogP) is 3.02. The normalized spacial score (nSPS) is 12.6. The molecule has 0 bridgehead atoms. The van der Waals surface area contributed by atoms with Gasteiger partial charge in [-0.1, -0.05) is 6.07 Å². The summed E-state index contributed by atoms with van der Waals surface area (Å²) in [6.07, 6.45) is 1.67. The zero-order valence-electron chi connectivity index (χ0n) is 11.4. The number of fused-ring (bicyclic) bond motifs is 2. The second-order valence-electron chi connectivity index (χ2n) is 4.76. The van der Waals surface area contributed by atoms with E-state index in [1.807, 2.05) is 30.3 Å². The Hall–Kier alpha value is -2.60. The first-order chi connectivity index (χ1) is 10.8. The number of anilines is 1. The zero-order valence-corrected chi connectivity index (χ0v) is 12.2. The van der Waals surface area contributed by atoms with Crippen LogP contribution in [0.4, 0.5) is 5.82 Å². The lowest BCUT2D eigenvalue weighted by atomic mass is 10.2. The molecule has 0 amide bonds. The summed E-state index contributed by atoms with van der Waals surface area (Å²) in [7, 11) is 0. The fourth-order valence-corrected chi connectivity index (χ4v) is 2.47. The van der Waals surface area contributed by atoms with Crippen molar-refractivity contribution in [2.45, 2.75) is 6.54 Å². The van der Waals surface area contributed by atoms with Gasteiger partial charge in [-0.15, -0.1) is 0 Å². The Bertz CT molecular complexity index is 856. The number of aromatic nitrogens is 3. The van der Waals surface area contributed by atoms with Crippen LogP contribution in [0.15, 0.2) is 36.5 Å². The van der Waals surface area contributed by atoms with E-state index in [-0.39, 0.29) is 12.1 Å². The molecule has 4 rings (SSSR count). The van der Waals surface area contributed by atoms with Crippen LogP contribution in [0.2, 0.25) is 5.28 Å². The molecule has 6 nitrogen and oxygen atoms in total. The average Bonchev–Trinajstić information content (AvgIpc) is 3.00. The summed E-state index contributed by atoms with van der Waals surface area (Å²) in [6, 6.07) is 9.56. The van der Waals surface area contributed by atoms with Crippen LogP contribution in [0, 0.1) is 0 Å². The van der Waals surface area contributed by atoms with Gasteiger partial charge in [0, 0.05) is 12.7 Å². The molecular formula is C15H11ClN4O2. The molecule has 0 atom stereocenters. The minimum absolute atomic E-state index is 0.166. The van der Waals surface area contributed by atoms with Gasteiger partial charge in [-0.05, 0) is 41.4 Å². The maximum Gasteiger partial charge on any atom is 0.231 e. The van der Waals surface area contributed by atoms with E-state index < -0.39 is 0 Å². The number of halogens is 1. The first-order valence-electron chi connectivity index (χ1n) is 6.70. The highest BCUT2D eigenvalue weighted by Crippen LogP contribution is 2.32. The minimum Gasteiger partial charge on any atom is -0.454 e. The maximum atomic E-state index is 5.94. The van der Waals surface area contributed by atoms with Gasteiger partial charge in [0.1, 0.15) is 5.82 Å². The van der Waals surface area contributed by atoms with E-state index in [0.717, 1.165) is 22.4 Å². The standard InChI is InChI=1S/C15H11ClN4O2/c16-15-19-13-10(2-1-5-17-13)14(20-15)18-7-9-3-4-11-12(6-9)22-8-21-11/h1-6H,7-8H2,(H,17,18,19,20). The van der Waals surface area contributed by atoms with Crippen molar-refractivity contribution in [3.05, 3.63) is 47.4 Å². The fraction of sp³-hybridized carbons (Fsp3) is 0.133. The molecule has 1 aliphatic heterocycles. The number of benzene rings is 1. The number of hydrogen-bond acceptors (Lipinski definition) is 6. The second kappa shape index (κ2) is 5.31. The van der Waals surface area contributed by atoms with Crippen LogP contribution in [0.5, 0.6) is 11.5 Å². The molecule has 1 aromatic carbocycles. The topological polar surface area (TPSA) is 69.2 Å². The lowest BCUT2D eigenvalue weighted by molar-refractivity contribution is 0.174. The molecule has 0 aliphatic carbocycles. The van der Waals surface area contributed by atoms with Crippen molar-refractivity contribution < 1.29 is 9.47 Å². The van der Waals surface area contributed by atoms with Crippen LogP contribution in [-0.2, 0) is 6.54 Å². The third-order valence-corrected chi connectivity index (χ3v) is 3.51. The monoisotopic (exact) mass is 314 g/mol. The van der Waals surface area contributed by atoms with Crippen molar-refractivity contribution in [1.82, 2.24) is 15.0 Å². The average molecular weight is 315 g/mol. The third-order valence-electron chi connectivity index (χ3n) is 3.34. The van der Waals surface area contributed by atoms with Gasteiger partial charge in [0.25, 0.3) is 0 Å². The SMILES string of the molecule is Clc1nc(NCc2ccc3c(c2)OCO3)c2cccnc2n1. The second-order valence-corrected chi connectivity index (χ2v) is 5.10. The quantitative estimate of drug-likeness (QED) is 0.749. The number of nitrogens with zero attached hydrogens (tertiary/aromatic N) is 3. The molecule has 1 aliphatic rings. The van der Waals surface area contributed by atoms with Crippen molar-refractivity contribution in [3.8, 4) is 11.5 Å². The molecule has 0 unspecified atom stereocenters. The molecule has 7 heteroatoms. The van der Waals surface area contributed by atoms with Crippen LogP contribution in [0.1, 0.15) is 5.56 Å². The molecule has 0 saturated heterocycles. The Kier molecular flexibility index (Phi) is 3.16. The van der Waals surface area contributed by atoms with Crippen molar-refractivity contribution in [2.75, 3.05) is 12.1 Å². The summed E-state index contributed by atoms with van der Waals surface area (Å²) in [5.41, 5.74) is 1.62. The van der Waals surface area contributed by atoms with Crippen molar-refractivity contribution in [1.29, 1.82) is 0 Å². The van der Waals surface area contributed by atoms with Gasteiger partial charge in [-0.2, -0.15) is 4.98 Å². The van der Waals surface area contributed by atoms with Gasteiger partial charge in [0.2, 0.25) is 12.1 Å². The summed E-state index contributed by atoms with van der Waals surface area (Å²) >= 11 is 5.94. The minimum atomic E-state index is 0.166. The number of ether oxygens (including phenoxy) is 2. The first kappa shape index (κ1) is 13.1. The van der Waals surface area contributed by atoms with Crippen LogP contribution < -0.4 is 14.8 Å². The van der Waals surface area contributed by atoms with Crippen molar-refractivity contribution in [2.24, 2.45) is 0 Å². The fourth-order valence-electron chi connectivity index (χ4n) is 2.31. The zero-order chi connectivity index (χ0) is 14.9. The highest BCUT2D eigenvalue weighted by molar-refractivity contribution is 6.28. The van der Waals surface area contributed by atoms with Crippen molar-refractivity contribution in [3.63, 3.8) is 0 Å². The van der Waals surface area contributed by atoms with E-state index in [1.54, 1.807) is 6.20 Å². The lowest BCUT2D eigenvalue weighted by Gasteiger charge is -2.09. The van der Waals surface area contributed by atoms with E-state index in [1.165, 1.54) is 0 Å². The van der Waals surface area contributed by atoms with Gasteiger partial charge >= 0.3 is 0 Å². The Morgan fingerprint density at radius 2 is 2.05 bits per heavy atom. The Morgan fingerprint density at radius 1 is 1.14 bits per heavy atom. The Morgan fingerprint density at radius 3 is 3.00 bits per heavy atom. The molecule has 22 heavy (non-hydrogen) atoms. The molecule has 110 valence electrons. The largest absolute Gasteiger partial charge is 0.454 e. The van der Waals surface area contributed by atoms with Crippen LogP contribution in [-0.4, -0.2) is 21.7 Å². The lowest BCUT2D eigenvalue weighted by Crippen LogP contribution is -2.03. The molecule has 0 radical (unpaired) electrons. The number of hydrogen-bond donors (Lipinski definition) is 1. The van der Waals surface area contributed by atoms with Gasteiger partial charge in [-0.3, -0.25) is 0 Å². The summed E-state index contributed by atoms with van der Waals surface area (Å²) in [4.78, 5) is 12.5. The van der Waals surface area contributed by atoms with E-state index >= 15 is 0 Å². The first-order valence-corrected chi connectivity index (χ1v) is 7.08. The van der Waals surface area contributed by atoms with Crippen LogP contribution >= 0.6 is 11.6 Å². The number of pyridine rings is 1. The van der Waals surface area contributed by atoms with Crippen molar-refractivity contribution >= 4 is 28.5 Å². The highest BCUT2D eigenvalue weighted by Gasteiger charge is 2.13. The van der Waals surface area contributed by atoms with E-state index in [9.17, 15) is 0 Å². The van der Waals surface area contributed by atoms with E-state index in [4.69, 9.17) is 21.1 Å². The summed E-state index contributed by atoms with van der Waals surface area (Å²) in [5.74, 6) is 2.18. The number of nitrogens with one attached hydrogen (secondary N) is 1. The smallest absolute Gasteiger partial charge is 0.231 e. The van der Waals surface area contributed by atoms with Crippen LogP contribution in [0.25, 0.3) is 11.0 Å². The molecule has 1 N–H and O–H groups in total. The van der Waals surface area contributed by atoms with Gasteiger partial charge in [0.15, 0.2) is 17.1 Å².